The molecule has 4 N–H and O–H groups in total. The van der Waals surface area contributed by atoms with E-state index in [1.807, 2.05) is 42.3 Å². The van der Waals surface area contributed by atoms with Crippen LogP contribution < -0.4 is 21.1 Å². The number of nitrogens with two attached hydrogens (primary N) is 2. The van der Waals surface area contributed by atoms with E-state index in [0.717, 1.165) is 17.0 Å². The Kier molecular flexibility index (Phi) is 4.33. The van der Waals surface area contributed by atoms with Gasteiger partial charge < -0.3 is 21.1 Å². The van der Waals surface area contributed by atoms with Gasteiger partial charge in [0.15, 0.2) is 0 Å². The van der Waals surface area contributed by atoms with Crippen LogP contribution >= 0.6 is 0 Å². The fourth-order valence-corrected chi connectivity index (χ4v) is 2.09. The molecule has 0 aliphatic heterocycles. The summed E-state index contributed by atoms with van der Waals surface area (Å²) in [6.07, 6.45) is 0. The lowest BCUT2D eigenvalue weighted by Crippen LogP contribution is -2.19. The standard InChI is InChI=1S/C16H19N3O2/c1-19(10-11-3-6-13(21-2)7-4-11)12-5-8-15(17)14(9-12)16(18)20/h3-9H,10,17H2,1-2H3,(H2,18,20). The van der Waals surface area contributed by atoms with Crippen molar-refractivity contribution >= 4 is 17.3 Å². The number of carbonyl (C=O) groups is 1. The molecule has 1 amide bonds. The van der Waals surface area contributed by atoms with E-state index in [1.54, 1.807) is 19.2 Å². The van der Waals surface area contributed by atoms with Gasteiger partial charge >= 0.3 is 0 Å². The molecular weight excluding hydrogens is 266 g/mol. The Morgan fingerprint density at radius 2 is 1.86 bits per heavy atom. The summed E-state index contributed by atoms with van der Waals surface area (Å²) in [5, 5.41) is 0. The van der Waals surface area contributed by atoms with Crippen molar-refractivity contribution in [1.82, 2.24) is 0 Å². The molecule has 0 heterocycles. The highest BCUT2D eigenvalue weighted by atomic mass is 16.5. The molecule has 2 aromatic carbocycles. The molecule has 0 saturated heterocycles. The van der Waals surface area contributed by atoms with Crippen LogP contribution in [0.5, 0.6) is 5.75 Å². The van der Waals surface area contributed by atoms with Crippen LogP contribution in [-0.2, 0) is 6.54 Å². The van der Waals surface area contributed by atoms with Crippen molar-refractivity contribution < 1.29 is 9.53 Å². The van der Waals surface area contributed by atoms with Crippen LogP contribution in [0.25, 0.3) is 0 Å². The summed E-state index contributed by atoms with van der Waals surface area (Å²) in [5.74, 6) is 0.303. The van der Waals surface area contributed by atoms with Crippen molar-refractivity contribution in [2.24, 2.45) is 5.73 Å². The van der Waals surface area contributed by atoms with Gasteiger partial charge in [0.25, 0.3) is 5.91 Å². The number of nitrogen functional groups attached to an aromatic ring is 1. The van der Waals surface area contributed by atoms with Crippen LogP contribution in [0.15, 0.2) is 42.5 Å². The van der Waals surface area contributed by atoms with E-state index < -0.39 is 5.91 Å². The second-order valence-electron chi connectivity index (χ2n) is 4.84. The number of hydrogen-bond acceptors (Lipinski definition) is 4. The van der Waals surface area contributed by atoms with Gasteiger partial charge in [-0.05, 0) is 35.9 Å². The third kappa shape index (κ3) is 3.45. The van der Waals surface area contributed by atoms with E-state index >= 15 is 0 Å². The highest BCUT2D eigenvalue weighted by Crippen LogP contribution is 2.22. The minimum absolute atomic E-state index is 0.342. The first kappa shape index (κ1) is 14.7. The first-order valence-electron chi connectivity index (χ1n) is 6.54. The zero-order valence-electron chi connectivity index (χ0n) is 12.2. The first-order valence-corrected chi connectivity index (χ1v) is 6.54. The van der Waals surface area contributed by atoms with Crippen molar-refractivity contribution in [1.29, 1.82) is 0 Å². The van der Waals surface area contributed by atoms with E-state index in [0.29, 0.717) is 17.8 Å². The Balaban J connectivity index is 2.17. The Morgan fingerprint density at radius 1 is 1.19 bits per heavy atom. The molecule has 0 unspecified atom stereocenters. The highest BCUT2D eigenvalue weighted by molar-refractivity contribution is 5.99. The molecule has 110 valence electrons. The van der Waals surface area contributed by atoms with Gasteiger partial charge in [-0.15, -0.1) is 0 Å². The molecular formula is C16H19N3O2. The summed E-state index contributed by atoms with van der Waals surface area (Å²) in [4.78, 5) is 13.4. The number of ether oxygens (including phenoxy) is 1. The topological polar surface area (TPSA) is 81.6 Å². The summed E-state index contributed by atoms with van der Waals surface area (Å²) in [6.45, 7) is 0.701. The molecule has 0 fully saturated rings. The molecule has 2 aromatic rings. The average molecular weight is 285 g/mol. The van der Waals surface area contributed by atoms with Gasteiger partial charge in [0.2, 0.25) is 0 Å². The van der Waals surface area contributed by atoms with Gasteiger partial charge in [-0.2, -0.15) is 0 Å². The van der Waals surface area contributed by atoms with E-state index in [-0.39, 0.29) is 0 Å². The summed E-state index contributed by atoms with van der Waals surface area (Å²) in [5.41, 5.74) is 13.8. The fourth-order valence-electron chi connectivity index (χ4n) is 2.09. The largest absolute Gasteiger partial charge is 0.497 e. The first-order chi connectivity index (χ1) is 10.0. The van der Waals surface area contributed by atoms with Gasteiger partial charge in [0.1, 0.15) is 5.75 Å². The van der Waals surface area contributed by atoms with Crippen LogP contribution in [0.4, 0.5) is 11.4 Å². The maximum atomic E-state index is 11.3. The van der Waals surface area contributed by atoms with Crippen molar-refractivity contribution in [2.75, 3.05) is 24.8 Å². The molecule has 0 saturated carbocycles. The number of amides is 1. The predicted octanol–water partition coefficient (Wildman–Crippen LogP) is 2.01. The van der Waals surface area contributed by atoms with E-state index in [2.05, 4.69) is 0 Å². The van der Waals surface area contributed by atoms with Crippen LogP contribution in [0.3, 0.4) is 0 Å². The van der Waals surface area contributed by atoms with Crippen LogP contribution in [0, 0.1) is 0 Å². The quantitative estimate of drug-likeness (QED) is 0.823. The minimum atomic E-state index is -0.521. The Labute approximate surface area is 124 Å². The number of rotatable bonds is 5. The van der Waals surface area contributed by atoms with Crippen LogP contribution in [-0.4, -0.2) is 20.1 Å². The van der Waals surface area contributed by atoms with Gasteiger partial charge in [-0.1, -0.05) is 12.1 Å². The molecule has 0 aromatic heterocycles. The molecule has 0 atom stereocenters. The lowest BCUT2D eigenvalue weighted by molar-refractivity contribution is 0.100. The predicted molar refractivity (Wildman–Crippen MR) is 84.5 cm³/mol. The van der Waals surface area contributed by atoms with E-state index in [1.165, 1.54) is 0 Å². The molecule has 0 spiro atoms. The Bertz CT molecular complexity index is 638. The number of primary amides is 1. The Morgan fingerprint density at radius 3 is 2.43 bits per heavy atom. The summed E-state index contributed by atoms with van der Waals surface area (Å²) in [6, 6.07) is 13.1. The van der Waals surface area contributed by atoms with Crippen molar-refractivity contribution in [2.45, 2.75) is 6.54 Å². The van der Waals surface area contributed by atoms with Gasteiger partial charge in [0.05, 0.1) is 12.7 Å². The highest BCUT2D eigenvalue weighted by Gasteiger charge is 2.09. The average Bonchev–Trinajstić information content (AvgIpc) is 2.48. The summed E-state index contributed by atoms with van der Waals surface area (Å²) in [7, 11) is 3.58. The molecule has 0 bridgehead atoms. The third-order valence-corrected chi connectivity index (χ3v) is 3.32. The normalized spacial score (nSPS) is 10.2. The minimum Gasteiger partial charge on any atom is -0.497 e. The Hall–Kier alpha value is -2.69. The maximum Gasteiger partial charge on any atom is 0.250 e. The molecule has 2 rings (SSSR count). The van der Waals surface area contributed by atoms with E-state index in [9.17, 15) is 4.79 Å². The zero-order valence-corrected chi connectivity index (χ0v) is 12.2. The molecule has 0 aliphatic rings. The fraction of sp³-hybridized carbons (Fsp3) is 0.188. The summed E-state index contributed by atoms with van der Waals surface area (Å²) >= 11 is 0. The number of anilines is 2. The number of benzene rings is 2. The molecule has 21 heavy (non-hydrogen) atoms. The van der Waals surface area contributed by atoms with Crippen LogP contribution in [0.1, 0.15) is 15.9 Å². The van der Waals surface area contributed by atoms with Crippen molar-refractivity contribution in [3.8, 4) is 5.75 Å². The monoisotopic (exact) mass is 285 g/mol. The second kappa shape index (κ2) is 6.17. The molecule has 5 heteroatoms. The maximum absolute atomic E-state index is 11.3. The van der Waals surface area contributed by atoms with Gasteiger partial charge in [-0.3, -0.25) is 4.79 Å². The smallest absolute Gasteiger partial charge is 0.250 e. The molecule has 0 aliphatic carbocycles. The van der Waals surface area contributed by atoms with E-state index in [4.69, 9.17) is 16.2 Å². The van der Waals surface area contributed by atoms with Gasteiger partial charge in [-0.25, -0.2) is 0 Å². The lowest BCUT2D eigenvalue weighted by Gasteiger charge is -2.20. The SMILES string of the molecule is COc1ccc(CN(C)c2ccc(N)c(C(N)=O)c2)cc1. The van der Waals surface area contributed by atoms with Crippen molar-refractivity contribution in [3.05, 3.63) is 53.6 Å². The van der Waals surface area contributed by atoms with Gasteiger partial charge in [0, 0.05) is 25.0 Å². The van der Waals surface area contributed by atoms with Crippen LogP contribution in [0.2, 0.25) is 0 Å². The lowest BCUT2D eigenvalue weighted by atomic mass is 10.1. The van der Waals surface area contributed by atoms with Crippen molar-refractivity contribution in [3.63, 3.8) is 0 Å². The molecule has 0 radical (unpaired) electrons. The number of carbonyl (C=O) groups excluding carboxylic acids is 1. The second-order valence-corrected chi connectivity index (χ2v) is 4.84. The number of methoxy groups -OCH3 is 1. The number of nitrogens with zero attached hydrogens (tertiary/aromatic N) is 1. The molecule has 5 nitrogen and oxygen atoms in total. The zero-order chi connectivity index (χ0) is 15.4. The third-order valence-electron chi connectivity index (χ3n) is 3.32. The summed E-state index contributed by atoms with van der Waals surface area (Å²) < 4.78 is 5.14. The number of hydrogen-bond donors (Lipinski definition) is 2.